The minimum Gasteiger partial charge on any atom is -0.437 e. The molecule has 4 nitrogen and oxygen atoms in total. The lowest BCUT2D eigenvalue weighted by Gasteiger charge is -2.10. The van der Waals surface area contributed by atoms with E-state index in [-0.39, 0.29) is 0 Å². The number of nitrogens with two attached hydrogens (primary N) is 1. The summed E-state index contributed by atoms with van der Waals surface area (Å²) in [6.07, 6.45) is 1.32. The summed E-state index contributed by atoms with van der Waals surface area (Å²) < 4.78 is 5.55. The molecule has 0 aliphatic carbocycles. The van der Waals surface area contributed by atoms with Crippen LogP contribution in [-0.2, 0) is 0 Å². The smallest absolute Gasteiger partial charge is 0.223 e. The summed E-state index contributed by atoms with van der Waals surface area (Å²) in [5, 5.41) is 0.733. The van der Waals surface area contributed by atoms with Crippen LogP contribution in [0.4, 0.5) is 5.69 Å². The molecule has 2 rings (SSSR count). The Kier molecular flexibility index (Phi) is 3.36. The van der Waals surface area contributed by atoms with Crippen LogP contribution in [0.15, 0.2) is 24.5 Å². The first-order chi connectivity index (χ1) is 8.06. The number of anilines is 1. The average Bonchev–Trinajstić information content (AvgIpc) is 2.23. The van der Waals surface area contributed by atoms with E-state index in [9.17, 15) is 0 Å². The van der Waals surface area contributed by atoms with Crippen LogP contribution in [0.1, 0.15) is 5.56 Å². The number of aromatic nitrogens is 2. The summed E-state index contributed by atoms with van der Waals surface area (Å²) in [7, 11) is 0. The van der Waals surface area contributed by atoms with Crippen molar-refractivity contribution in [1.82, 2.24) is 9.97 Å². The second-order valence-corrected chi connectivity index (χ2v) is 4.22. The van der Waals surface area contributed by atoms with E-state index < -0.39 is 0 Å². The Bertz CT molecular complexity index is 537. The van der Waals surface area contributed by atoms with Gasteiger partial charge in [-0.15, -0.1) is 0 Å². The summed E-state index contributed by atoms with van der Waals surface area (Å²) in [5.74, 6) is 0.843. The van der Waals surface area contributed by atoms with Gasteiger partial charge in [0, 0.05) is 11.8 Å². The molecule has 2 aromatic rings. The Balaban J connectivity index is 2.36. The van der Waals surface area contributed by atoms with Gasteiger partial charge in [-0.05, 0) is 24.6 Å². The SMILES string of the molecule is Cc1cc(N)cc(Cl)c1Oc1cc(Cl)ncn1. The molecule has 1 aromatic carbocycles. The highest BCUT2D eigenvalue weighted by molar-refractivity contribution is 6.32. The number of ether oxygens (including phenoxy) is 1. The van der Waals surface area contributed by atoms with E-state index in [1.54, 1.807) is 12.1 Å². The fourth-order valence-electron chi connectivity index (χ4n) is 1.36. The summed E-state index contributed by atoms with van der Waals surface area (Å²) in [5.41, 5.74) is 7.07. The van der Waals surface area contributed by atoms with Crippen LogP contribution >= 0.6 is 23.2 Å². The van der Waals surface area contributed by atoms with Crippen LogP contribution in [0.3, 0.4) is 0 Å². The van der Waals surface area contributed by atoms with Gasteiger partial charge in [0.1, 0.15) is 11.5 Å². The third kappa shape index (κ3) is 2.78. The molecule has 0 bridgehead atoms. The lowest BCUT2D eigenvalue weighted by atomic mass is 10.2. The Morgan fingerprint density at radius 1 is 1.18 bits per heavy atom. The Morgan fingerprint density at radius 3 is 2.59 bits per heavy atom. The van der Waals surface area contributed by atoms with E-state index in [1.807, 2.05) is 6.92 Å². The monoisotopic (exact) mass is 269 g/mol. The summed E-state index contributed by atoms with van der Waals surface area (Å²) in [6.45, 7) is 1.85. The standard InChI is InChI=1S/C11H9Cl2N3O/c1-6-2-7(14)3-8(12)11(6)17-10-4-9(13)15-5-16-10/h2-5H,14H2,1H3. The zero-order valence-electron chi connectivity index (χ0n) is 8.95. The van der Waals surface area contributed by atoms with E-state index in [4.69, 9.17) is 33.7 Å². The number of benzene rings is 1. The summed E-state index contributed by atoms with van der Waals surface area (Å²) in [4.78, 5) is 7.69. The number of hydrogen-bond acceptors (Lipinski definition) is 4. The van der Waals surface area contributed by atoms with Crippen LogP contribution in [0, 0.1) is 6.92 Å². The van der Waals surface area contributed by atoms with E-state index in [2.05, 4.69) is 9.97 Å². The minimum atomic E-state index is 0.305. The number of nitrogens with zero attached hydrogens (tertiary/aromatic N) is 2. The number of hydrogen-bond donors (Lipinski definition) is 1. The van der Waals surface area contributed by atoms with E-state index >= 15 is 0 Å². The fraction of sp³-hybridized carbons (Fsp3) is 0.0909. The molecule has 17 heavy (non-hydrogen) atoms. The lowest BCUT2D eigenvalue weighted by Crippen LogP contribution is -1.94. The summed E-state index contributed by atoms with van der Waals surface area (Å²) in [6, 6.07) is 4.89. The second kappa shape index (κ2) is 4.77. The van der Waals surface area contributed by atoms with Crippen molar-refractivity contribution < 1.29 is 4.74 Å². The van der Waals surface area contributed by atoms with Gasteiger partial charge in [0.2, 0.25) is 5.88 Å². The molecular weight excluding hydrogens is 261 g/mol. The van der Waals surface area contributed by atoms with Gasteiger partial charge in [-0.1, -0.05) is 23.2 Å². The molecule has 0 atom stereocenters. The van der Waals surface area contributed by atoms with Crippen molar-refractivity contribution in [3.8, 4) is 11.6 Å². The third-order valence-corrected chi connectivity index (χ3v) is 2.55. The maximum Gasteiger partial charge on any atom is 0.223 e. The molecular formula is C11H9Cl2N3O. The summed E-state index contributed by atoms with van der Waals surface area (Å²) >= 11 is 11.8. The molecule has 1 heterocycles. The Hall–Kier alpha value is -1.52. The van der Waals surface area contributed by atoms with Crippen LogP contribution in [-0.4, -0.2) is 9.97 Å². The van der Waals surface area contributed by atoms with Gasteiger partial charge in [-0.25, -0.2) is 9.97 Å². The first kappa shape index (κ1) is 12.0. The molecule has 0 fully saturated rings. The van der Waals surface area contributed by atoms with Gasteiger partial charge in [-0.2, -0.15) is 0 Å². The van der Waals surface area contributed by atoms with Crippen LogP contribution in [0.25, 0.3) is 0 Å². The van der Waals surface area contributed by atoms with Crippen molar-refractivity contribution in [2.75, 3.05) is 5.73 Å². The number of halogens is 2. The number of aryl methyl sites for hydroxylation is 1. The van der Waals surface area contributed by atoms with Crippen molar-refractivity contribution in [1.29, 1.82) is 0 Å². The largest absolute Gasteiger partial charge is 0.437 e. The molecule has 0 aliphatic heterocycles. The molecule has 2 N–H and O–H groups in total. The predicted octanol–water partition coefficient (Wildman–Crippen LogP) is 3.47. The molecule has 0 radical (unpaired) electrons. The van der Waals surface area contributed by atoms with Crippen molar-refractivity contribution >= 4 is 28.9 Å². The third-order valence-electron chi connectivity index (χ3n) is 2.07. The maximum atomic E-state index is 6.04. The van der Waals surface area contributed by atoms with Gasteiger partial charge in [0.25, 0.3) is 0 Å². The number of nitrogen functional groups attached to an aromatic ring is 1. The quantitative estimate of drug-likeness (QED) is 0.670. The molecule has 6 heteroatoms. The molecule has 88 valence electrons. The van der Waals surface area contributed by atoms with Gasteiger partial charge < -0.3 is 10.5 Å². The van der Waals surface area contributed by atoms with Crippen LogP contribution in [0.5, 0.6) is 11.6 Å². The van der Waals surface area contributed by atoms with Crippen molar-refractivity contribution in [2.45, 2.75) is 6.92 Å². The zero-order valence-corrected chi connectivity index (χ0v) is 10.5. The highest BCUT2D eigenvalue weighted by Crippen LogP contribution is 2.34. The topological polar surface area (TPSA) is 61.0 Å². The molecule has 0 unspecified atom stereocenters. The van der Waals surface area contributed by atoms with Gasteiger partial charge in [0.05, 0.1) is 5.02 Å². The van der Waals surface area contributed by atoms with Crippen LogP contribution in [0.2, 0.25) is 10.2 Å². The number of rotatable bonds is 2. The molecule has 0 saturated heterocycles. The average molecular weight is 270 g/mol. The van der Waals surface area contributed by atoms with Crippen molar-refractivity contribution in [3.63, 3.8) is 0 Å². The van der Waals surface area contributed by atoms with E-state index in [0.717, 1.165) is 5.56 Å². The second-order valence-electron chi connectivity index (χ2n) is 3.43. The minimum absolute atomic E-state index is 0.305. The fourth-order valence-corrected chi connectivity index (χ4v) is 1.82. The first-order valence-electron chi connectivity index (χ1n) is 4.77. The molecule has 0 aliphatic rings. The highest BCUT2D eigenvalue weighted by Gasteiger charge is 2.09. The molecule has 1 aromatic heterocycles. The van der Waals surface area contributed by atoms with E-state index in [1.165, 1.54) is 12.4 Å². The zero-order chi connectivity index (χ0) is 12.4. The maximum absolute atomic E-state index is 6.04. The van der Waals surface area contributed by atoms with Gasteiger partial charge in [0.15, 0.2) is 5.75 Å². The molecule has 0 saturated carbocycles. The lowest BCUT2D eigenvalue weighted by molar-refractivity contribution is 0.458. The van der Waals surface area contributed by atoms with Crippen LogP contribution < -0.4 is 10.5 Å². The van der Waals surface area contributed by atoms with Crippen molar-refractivity contribution in [3.05, 3.63) is 40.3 Å². The highest BCUT2D eigenvalue weighted by atomic mass is 35.5. The molecule has 0 amide bonds. The van der Waals surface area contributed by atoms with E-state index in [0.29, 0.717) is 27.5 Å². The predicted molar refractivity (Wildman–Crippen MR) is 67.7 cm³/mol. The normalized spacial score (nSPS) is 10.3. The Labute approximate surface area is 108 Å². The first-order valence-corrected chi connectivity index (χ1v) is 5.53. The Morgan fingerprint density at radius 2 is 1.94 bits per heavy atom. The molecule has 0 spiro atoms. The van der Waals surface area contributed by atoms with Crippen molar-refractivity contribution in [2.24, 2.45) is 0 Å². The van der Waals surface area contributed by atoms with Gasteiger partial charge >= 0.3 is 0 Å². The van der Waals surface area contributed by atoms with Gasteiger partial charge in [-0.3, -0.25) is 0 Å².